The van der Waals surface area contributed by atoms with E-state index in [4.69, 9.17) is 11.6 Å². The molecule has 0 spiro atoms. The fourth-order valence-corrected chi connectivity index (χ4v) is 11.7. The Hall–Kier alpha value is -11.9. The molecular formula is C72H71Cl2F3N24O3. The lowest BCUT2D eigenvalue weighted by atomic mass is 9.96. The summed E-state index contributed by atoms with van der Waals surface area (Å²) in [6.45, 7) is 15.9. The van der Waals surface area contributed by atoms with Gasteiger partial charge in [-0.25, -0.2) is 58.0 Å². The predicted octanol–water partition coefficient (Wildman–Crippen LogP) is 11.8. The first kappa shape index (κ1) is 73.3. The Morgan fingerprint density at radius 3 is 1.12 bits per heavy atom. The molecule has 532 valence electrons. The number of nitrogens with zero attached hydrogens (tertiary/aromatic N) is 20. The van der Waals surface area contributed by atoms with Crippen LogP contribution in [-0.4, -0.2) is 127 Å². The van der Waals surface area contributed by atoms with E-state index in [2.05, 4.69) is 96.7 Å². The molecule has 27 nitrogen and oxygen atoms in total. The first-order valence-electron chi connectivity index (χ1n) is 33.1. The average molecular weight is 1450 g/mol. The lowest BCUT2D eigenvalue weighted by Gasteiger charge is -2.29. The van der Waals surface area contributed by atoms with Crippen LogP contribution in [0.3, 0.4) is 0 Å². The van der Waals surface area contributed by atoms with Crippen molar-refractivity contribution >= 4 is 71.1 Å². The van der Waals surface area contributed by atoms with Gasteiger partial charge in [0.2, 0.25) is 17.2 Å². The minimum Gasteiger partial charge on any atom is -0.336 e. The molecule has 3 aliphatic heterocycles. The van der Waals surface area contributed by atoms with Crippen molar-refractivity contribution in [2.24, 2.45) is 0 Å². The van der Waals surface area contributed by atoms with Gasteiger partial charge in [-0.15, -0.1) is 43.0 Å². The second-order valence-electron chi connectivity index (χ2n) is 24.7. The molecule has 0 saturated carbocycles. The topological polar surface area (TPSA) is 314 Å². The van der Waals surface area contributed by atoms with Gasteiger partial charge in [-0.3, -0.25) is 14.4 Å². The summed E-state index contributed by atoms with van der Waals surface area (Å²) in [6.07, 6.45) is 16.9. The van der Waals surface area contributed by atoms with Crippen LogP contribution in [-0.2, 0) is 38.9 Å². The van der Waals surface area contributed by atoms with E-state index >= 15 is 0 Å². The molecule has 0 bridgehead atoms. The molecule has 4 N–H and O–H groups in total. The van der Waals surface area contributed by atoms with E-state index in [1.54, 1.807) is 147 Å². The number of nitrogens with one attached hydrogen (secondary N) is 4. The summed E-state index contributed by atoms with van der Waals surface area (Å²) in [4.78, 5) is 80.5. The standard InChI is InChI=1S/2C24H23FN8O.C20H21FN6O.C4H3ClN2.ClH/c2*1-15(2)33-14-28-31-22(33)20-5-3-6-21(29-20)30-23(34)18-11-17-13-32(24-26-8-4-9-27-24)10-7-16(17)12-19(18)25;1-12(2)27-11-23-26-19(27)17-4-3-5-18(24-17)25-20(28)15-8-14-10-22-7-6-13(14)9-16(15)21;5-4-6-2-1-3-7-4;/h2*3-6,8-9,11-12,14-15H,7,10,13H2,1-2H3,(H,29,30,34);3-5,8-9,11-12,22H,6-7,10H2,1-2H3,(H,24,25,28);1-3H;1H. The van der Waals surface area contributed by atoms with Crippen molar-refractivity contribution < 1.29 is 27.6 Å². The van der Waals surface area contributed by atoms with Gasteiger partial charge < -0.3 is 44.8 Å². The van der Waals surface area contributed by atoms with Gasteiger partial charge in [0.05, 0.1) is 16.7 Å². The highest BCUT2D eigenvalue weighted by Crippen LogP contribution is 2.30. The van der Waals surface area contributed by atoms with Crippen LogP contribution in [0.4, 0.5) is 42.5 Å². The maximum absolute atomic E-state index is 14.9. The maximum atomic E-state index is 14.9. The van der Waals surface area contributed by atoms with Crippen LogP contribution >= 0.6 is 24.0 Å². The number of halogens is 5. The van der Waals surface area contributed by atoms with Crippen molar-refractivity contribution in [1.29, 1.82) is 0 Å². The molecule has 0 unspecified atom stereocenters. The molecule has 0 radical (unpaired) electrons. The molecule has 32 heteroatoms. The minimum absolute atomic E-state index is 0. The lowest BCUT2D eigenvalue weighted by molar-refractivity contribution is 0.101. The van der Waals surface area contributed by atoms with Crippen molar-refractivity contribution in [3.63, 3.8) is 0 Å². The van der Waals surface area contributed by atoms with Gasteiger partial charge >= 0.3 is 0 Å². The molecule has 12 heterocycles. The fraction of sp³-hybridized carbons (Fsp3) is 0.250. The Morgan fingerprint density at radius 2 is 0.779 bits per heavy atom. The molecule has 15 rings (SSSR count). The van der Waals surface area contributed by atoms with E-state index in [9.17, 15) is 27.6 Å². The zero-order valence-corrected chi connectivity index (χ0v) is 58.8. The van der Waals surface area contributed by atoms with Crippen LogP contribution in [0.5, 0.6) is 0 Å². The third-order valence-corrected chi connectivity index (χ3v) is 17.0. The van der Waals surface area contributed by atoms with Gasteiger partial charge in [0, 0.05) is 88.0 Å². The fourth-order valence-electron chi connectivity index (χ4n) is 11.6. The molecular weight excluding hydrogens is 1380 g/mol. The molecule has 3 aromatic carbocycles. The summed E-state index contributed by atoms with van der Waals surface area (Å²) in [5.74, 6) is 0.651. The molecule has 0 aliphatic carbocycles. The number of aromatic nitrogens is 18. The first-order valence-corrected chi connectivity index (χ1v) is 33.4. The summed E-state index contributed by atoms with van der Waals surface area (Å²) in [5.41, 5.74) is 7.06. The Kier molecular flexibility index (Phi) is 23.8. The van der Waals surface area contributed by atoms with Gasteiger partial charge in [0.25, 0.3) is 17.7 Å². The van der Waals surface area contributed by atoms with E-state index in [1.807, 2.05) is 65.0 Å². The second kappa shape index (κ2) is 33.7. The number of benzene rings is 3. The van der Waals surface area contributed by atoms with Crippen LogP contribution < -0.4 is 31.1 Å². The van der Waals surface area contributed by atoms with Crippen LogP contribution in [0.15, 0.2) is 165 Å². The van der Waals surface area contributed by atoms with Gasteiger partial charge in [0.1, 0.15) is 71.0 Å². The van der Waals surface area contributed by atoms with E-state index in [0.717, 1.165) is 46.3 Å². The number of amides is 3. The van der Waals surface area contributed by atoms with Crippen LogP contribution in [0.25, 0.3) is 34.6 Å². The van der Waals surface area contributed by atoms with Crippen LogP contribution in [0.1, 0.15) is 124 Å². The Balaban J connectivity index is 0.000000149. The largest absolute Gasteiger partial charge is 0.336 e. The smallest absolute Gasteiger partial charge is 0.259 e. The number of carbonyl (C=O) groups is 3. The first-order chi connectivity index (χ1) is 49.9. The van der Waals surface area contributed by atoms with Crippen molar-refractivity contribution in [2.75, 3.05) is 45.4 Å². The zero-order chi connectivity index (χ0) is 72.1. The van der Waals surface area contributed by atoms with E-state index in [-0.39, 0.29) is 47.2 Å². The number of hydrogen-bond donors (Lipinski definition) is 4. The second-order valence-corrected chi connectivity index (χ2v) is 25.1. The van der Waals surface area contributed by atoms with Gasteiger partial charge in [0.15, 0.2) is 17.5 Å². The van der Waals surface area contributed by atoms with Crippen LogP contribution in [0, 0.1) is 17.5 Å². The molecule has 104 heavy (non-hydrogen) atoms. The normalized spacial score (nSPS) is 12.8. The summed E-state index contributed by atoms with van der Waals surface area (Å²) in [5, 5.41) is 35.9. The molecule has 9 aromatic heterocycles. The molecule has 3 amide bonds. The highest BCUT2D eigenvalue weighted by molar-refractivity contribution is 6.28. The highest BCUT2D eigenvalue weighted by Gasteiger charge is 2.27. The number of rotatable bonds is 14. The van der Waals surface area contributed by atoms with Crippen molar-refractivity contribution in [1.82, 2.24) is 94.5 Å². The van der Waals surface area contributed by atoms with E-state index in [0.29, 0.717) is 115 Å². The average Bonchev–Trinajstić information content (AvgIpc) is 0.952. The number of fused-ring (bicyclic) bond motifs is 3. The van der Waals surface area contributed by atoms with E-state index < -0.39 is 35.2 Å². The van der Waals surface area contributed by atoms with E-state index in [1.165, 1.54) is 18.2 Å². The van der Waals surface area contributed by atoms with Crippen molar-refractivity contribution in [2.45, 2.75) is 98.6 Å². The minimum atomic E-state index is -0.566. The zero-order valence-electron chi connectivity index (χ0n) is 57.3. The number of carbonyl (C=O) groups excluding carboxylic acids is 3. The Labute approximate surface area is 606 Å². The summed E-state index contributed by atoms with van der Waals surface area (Å²) in [7, 11) is 0. The Bertz CT molecular complexity index is 4770. The monoisotopic (exact) mass is 1450 g/mol. The van der Waals surface area contributed by atoms with Crippen molar-refractivity contribution in [3.05, 3.63) is 238 Å². The highest BCUT2D eigenvalue weighted by atomic mass is 35.5. The number of anilines is 5. The lowest BCUT2D eigenvalue weighted by Crippen LogP contribution is -2.32. The summed E-state index contributed by atoms with van der Waals surface area (Å²) >= 11 is 5.32. The molecule has 0 saturated heterocycles. The molecule has 12 aromatic rings. The third-order valence-electron chi connectivity index (χ3n) is 16.8. The van der Waals surface area contributed by atoms with Gasteiger partial charge in [-0.2, -0.15) is 0 Å². The van der Waals surface area contributed by atoms with Gasteiger partial charge in [-0.05, 0) is 203 Å². The number of hydrogen-bond acceptors (Lipinski definition) is 21. The van der Waals surface area contributed by atoms with Gasteiger partial charge in [-0.1, -0.05) is 18.2 Å². The molecule has 3 aliphatic rings. The quantitative estimate of drug-likeness (QED) is 0.0735. The predicted molar refractivity (Wildman–Crippen MR) is 387 cm³/mol. The third kappa shape index (κ3) is 17.7. The number of pyridine rings is 3. The summed E-state index contributed by atoms with van der Waals surface area (Å²) < 4.78 is 49.8. The van der Waals surface area contributed by atoms with Crippen LogP contribution in [0.2, 0.25) is 5.28 Å². The molecule has 0 atom stereocenters. The maximum Gasteiger partial charge on any atom is 0.259 e. The Morgan fingerprint density at radius 1 is 0.442 bits per heavy atom. The summed E-state index contributed by atoms with van der Waals surface area (Å²) in [6, 6.07) is 30.5. The SMILES string of the molecule is CC(C)n1cnnc1-c1cccc(NC(=O)c2cc3c(cc2F)CCN(c2ncccn2)C3)n1.CC(C)n1cnnc1-c1cccc(NC(=O)c2cc3c(cc2F)CCN(c2ncccn2)C3)n1.CC(C)n1cnnc1-c1cccc(NC(=O)c2cc3c(cc2F)CCNC3)n1.Cl.Clc1ncccn1. The van der Waals surface area contributed by atoms with Crippen molar-refractivity contribution in [3.8, 4) is 34.6 Å². The molecule has 0 fully saturated rings.